The van der Waals surface area contributed by atoms with Gasteiger partial charge in [0.2, 0.25) is 0 Å². The van der Waals surface area contributed by atoms with Crippen LogP contribution < -0.4 is 21.7 Å². The number of anilines is 1. The number of benzene rings is 1. The molecule has 0 spiro atoms. The number of nitrogens with one attached hydrogen (secondary N) is 3. The first-order chi connectivity index (χ1) is 11.9. The Hall–Kier alpha value is -1.60. The van der Waals surface area contributed by atoms with Crippen molar-refractivity contribution >= 4 is 28.9 Å². The maximum atomic E-state index is 12.6. The van der Waals surface area contributed by atoms with Crippen molar-refractivity contribution in [2.45, 2.75) is 32.9 Å². The van der Waals surface area contributed by atoms with Gasteiger partial charge in [0.1, 0.15) is 5.02 Å². The molecule has 3 N–H and O–H groups in total. The number of halogens is 2. The number of hydrazine groups is 1. The summed E-state index contributed by atoms with van der Waals surface area (Å²) in [6.07, 6.45) is 1.57. The minimum Gasteiger partial charge on any atom is -0.382 e. The van der Waals surface area contributed by atoms with E-state index < -0.39 is 0 Å². The molecule has 2 atom stereocenters. The Bertz CT molecular complexity index is 828. The van der Waals surface area contributed by atoms with Gasteiger partial charge in [-0.1, -0.05) is 29.3 Å². The van der Waals surface area contributed by atoms with Crippen molar-refractivity contribution < 1.29 is 0 Å². The minimum atomic E-state index is -0.379. The van der Waals surface area contributed by atoms with Crippen molar-refractivity contribution in [2.24, 2.45) is 5.92 Å². The average Bonchev–Trinajstić information content (AvgIpc) is 2.90. The van der Waals surface area contributed by atoms with E-state index in [2.05, 4.69) is 35.1 Å². The fourth-order valence-corrected chi connectivity index (χ4v) is 3.32. The van der Waals surface area contributed by atoms with Gasteiger partial charge in [-0.05, 0) is 38.5 Å². The molecule has 0 bridgehead atoms. The van der Waals surface area contributed by atoms with E-state index in [1.807, 2.05) is 13.0 Å². The lowest BCUT2D eigenvalue weighted by Crippen LogP contribution is -2.31. The molecule has 0 amide bonds. The van der Waals surface area contributed by atoms with Crippen LogP contribution in [-0.2, 0) is 0 Å². The zero-order valence-corrected chi connectivity index (χ0v) is 15.8. The molecule has 1 aliphatic heterocycles. The molecule has 2 heterocycles. The number of aromatic nitrogens is 2. The van der Waals surface area contributed by atoms with Gasteiger partial charge in [-0.15, -0.1) is 0 Å². The lowest BCUT2D eigenvalue weighted by molar-refractivity contribution is 0.466. The maximum Gasteiger partial charge on any atom is 0.292 e. The molecule has 134 valence electrons. The van der Waals surface area contributed by atoms with Crippen molar-refractivity contribution in [3.05, 3.63) is 50.4 Å². The van der Waals surface area contributed by atoms with Gasteiger partial charge in [-0.25, -0.2) is 0 Å². The summed E-state index contributed by atoms with van der Waals surface area (Å²) in [6.45, 7) is 6.81. The van der Waals surface area contributed by atoms with Gasteiger partial charge in [0.15, 0.2) is 0 Å². The number of hydrogen-bond donors (Lipinski definition) is 3. The van der Waals surface area contributed by atoms with Crippen LogP contribution in [-0.4, -0.2) is 28.4 Å². The highest BCUT2D eigenvalue weighted by Crippen LogP contribution is 2.22. The normalized spacial score (nSPS) is 23.0. The second-order valence-corrected chi connectivity index (χ2v) is 7.22. The molecule has 3 rings (SSSR count). The van der Waals surface area contributed by atoms with Crippen LogP contribution >= 0.6 is 23.2 Å². The molecule has 25 heavy (non-hydrogen) atoms. The summed E-state index contributed by atoms with van der Waals surface area (Å²) in [5, 5.41) is 8.17. The zero-order chi connectivity index (χ0) is 18.1. The Morgan fingerprint density at radius 3 is 2.56 bits per heavy atom. The van der Waals surface area contributed by atoms with Crippen molar-refractivity contribution in [3.63, 3.8) is 0 Å². The summed E-state index contributed by atoms with van der Waals surface area (Å²) >= 11 is 12.4. The largest absolute Gasteiger partial charge is 0.382 e. The highest BCUT2D eigenvalue weighted by Gasteiger charge is 2.29. The van der Waals surface area contributed by atoms with E-state index in [4.69, 9.17) is 23.2 Å². The number of nitrogens with zero attached hydrogens (tertiary/aromatic N) is 2. The molecule has 1 aliphatic rings. The lowest BCUT2D eigenvalue weighted by Gasteiger charge is -2.19. The molecule has 0 aliphatic carbocycles. The van der Waals surface area contributed by atoms with Crippen molar-refractivity contribution in [3.8, 4) is 5.69 Å². The summed E-state index contributed by atoms with van der Waals surface area (Å²) in [7, 11) is 0. The zero-order valence-electron chi connectivity index (χ0n) is 14.3. The highest BCUT2D eigenvalue weighted by molar-refractivity contribution is 6.33. The molecule has 0 radical (unpaired) electrons. The molecule has 1 saturated heterocycles. The summed E-state index contributed by atoms with van der Waals surface area (Å²) in [5.74, 6) is 0.370. The predicted octanol–water partition coefficient (Wildman–Crippen LogP) is 2.76. The van der Waals surface area contributed by atoms with E-state index in [0.717, 1.165) is 5.56 Å². The van der Waals surface area contributed by atoms with Gasteiger partial charge in [0.05, 0.1) is 17.6 Å². The fourth-order valence-electron chi connectivity index (χ4n) is 2.94. The quantitative estimate of drug-likeness (QED) is 0.759. The smallest absolute Gasteiger partial charge is 0.292 e. The topological polar surface area (TPSA) is 71.0 Å². The molecule has 8 heteroatoms. The van der Waals surface area contributed by atoms with Gasteiger partial charge in [-0.2, -0.15) is 9.78 Å². The molecular weight excluding hydrogens is 361 g/mol. The van der Waals surface area contributed by atoms with Gasteiger partial charge in [-0.3, -0.25) is 15.6 Å². The molecule has 2 unspecified atom stereocenters. The maximum absolute atomic E-state index is 12.6. The standard InChI is InChI=1S/C17H21Cl2N5O/c1-9-4-5-12(6-14(9)18)24-17(25)16(19)15(8-21-24)20-7-13-10(2)22-23-11(13)3/h4-6,8,10-11,13,20,22-23H,7H2,1-3H3. The third kappa shape index (κ3) is 3.67. The Morgan fingerprint density at radius 2 is 1.92 bits per heavy atom. The van der Waals surface area contributed by atoms with Crippen LogP contribution in [0, 0.1) is 12.8 Å². The van der Waals surface area contributed by atoms with Crippen LogP contribution in [0.5, 0.6) is 0 Å². The number of hydrogen-bond acceptors (Lipinski definition) is 5. The van der Waals surface area contributed by atoms with Crippen molar-refractivity contribution in [1.29, 1.82) is 0 Å². The summed E-state index contributed by atoms with van der Waals surface area (Å²) < 4.78 is 1.25. The average molecular weight is 382 g/mol. The molecular formula is C17H21Cl2N5O. The number of aryl methyl sites for hydroxylation is 1. The first kappa shape index (κ1) is 18.2. The third-order valence-electron chi connectivity index (χ3n) is 4.67. The van der Waals surface area contributed by atoms with Gasteiger partial charge < -0.3 is 5.32 Å². The fraction of sp³-hybridized carbons (Fsp3) is 0.412. The molecule has 1 aromatic carbocycles. The third-order valence-corrected chi connectivity index (χ3v) is 5.44. The van der Waals surface area contributed by atoms with E-state index in [0.29, 0.717) is 40.9 Å². The van der Waals surface area contributed by atoms with Crippen LogP contribution in [0.4, 0.5) is 5.69 Å². The van der Waals surface area contributed by atoms with Crippen molar-refractivity contribution in [1.82, 2.24) is 20.6 Å². The molecule has 1 aromatic heterocycles. The molecule has 0 saturated carbocycles. The Balaban J connectivity index is 1.83. The Morgan fingerprint density at radius 1 is 1.24 bits per heavy atom. The second-order valence-electron chi connectivity index (χ2n) is 6.43. The van der Waals surface area contributed by atoms with Crippen LogP contribution in [0.15, 0.2) is 29.2 Å². The van der Waals surface area contributed by atoms with E-state index in [-0.39, 0.29) is 10.6 Å². The van der Waals surface area contributed by atoms with E-state index in [1.54, 1.807) is 18.3 Å². The van der Waals surface area contributed by atoms with Crippen LogP contribution in [0.25, 0.3) is 5.69 Å². The van der Waals surface area contributed by atoms with Gasteiger partial charge >= 0.3 is 0 Å². The van der Waals surface area contributed by atoms with E-state index >= 15 is 0 Å². The van der Waals surface area contributed by atoms with Crippen molar-refractivity contribution in [2.75, 3.05) is 11.9 Å². The first-order valence-corrected chi connectivity index (χ1v) is 8.93. The molecule has 2 aromatic rings. The van der Waals surface area contributed by atoms with Gasteiger partial charge in [0, 0.05) is 29.6 Å². The second kappa shape index (κ2) is 7.33. The number of rotatable bonds is 4. The van der Waals surface area contributed by atoms with Crippen LogP contribution in [0.1, 0.15) is 19.4 Å². The van der Waals surface area contributed by atoms with E-state index in [1.165, 1.54) is 4.68 Å². The molecule has 1 fully saturated rings. The monoisotopic (exact) mass is 381 g/mol. The predicted molar refractivity (Wildman–Crippen MR) is 102 cm³/mol. The summed E-state index contributed by atoms with van der Waals surface area (Å²) in [5.41, 5.74) is 8.08. The van der Waals surface area contributed by atoms with Gasteiger partial charge in [0.25, 0.3) is 5.56 Å². The first-order valence-electron chi connectivity index (χ1n) is 8.17. The Labute approximate surface area is 156 Å². The summed E-state index contributed by atoms with van der Waals surface area (Å²) in [6, 6.07) is 5.98. The van der Waals surface area contributed by atoms with Crippen LogP contribution in [0.3, 0.4) is 0 Å². The summed E-state index contributed by atoms with van der Waals surface area (Å²) in [4.78, 5) is 12.6. The highest BCUT2D eigenvalue weighted by atomic mass is 35.5. The Kier molecular flexibility index (Phi) is 5.34. The minimum absolute atomic E-state index is 0.117. The molecule has 6 nitrogen and oxygen atoms in total. The SMILES string of the molecule is Cc1ccc(-n2ncc(NCC3C(C)NNC3C)c(Cl)c2=O)cc1Cl. The lowest BCUT2D eigenvalue weighted by atomic mass is 9.97. The van der Waals surface area contributed by atoms with E-state index in [9.17, 15) is 4.79 Å². The van der Waals surface area contributed by atoms with Crippen LogP contribution in [0.2, 0.25) is 10.0 Å².